The van der Waals surface area contributed by atoms with Crippen molar-refractivity contribution in [2.75, 3.05) is 13.1 Å². The van der Waals surface area contributed by atoms with Crippen LogP contribution < -0.4 is 4.74 Å². The van der Waals surface area contributed by atoms with Crippen LogP contribution in [0.5, 0.6) is 5.75 Å². The molecule has 1 aliphatic rings. The average Bonchev–Trinajstić information content (AvgIpc) is 2.61. The first-order chi connectivity index (χ1) is 11.6. The van der Waals surface area contributed by atoms with Gasteiger partial charge in [0.2, 0.25) is 10.0 Å². The van der Waals surface area contributed by atoms with Crippen molar-refractivity contribution in [2.45, 2.75) is 30.4 Å². The van der Waals surface area contributed by atoms with Crippen LogP contribution in [-0.4, -0.2) is 37.0 Å². The molecule has 1 N–H and O–H groups in total. The summed E-state index contributed by atoms with van der Waals surface area (Å²) in [5, 5.41) is 9.51. The Kier molecular flexibility index (Phi) is 5.18. The Bertz CT molecular complexity index is 751. The lowest BCUT2D eigenvalue weighted by Crippen LogP contribution is -2.39. The van der Waals surface area contributed by atoms with Gasteiger partial charge in [-0.3, -0.25) is 0 Å². The smallest absolute Gasteiger partial charge is 0.243 e. The van der Waals surface area contributed by atoms with Crippen LogP contribution in [0.2, 0.25) is 0 Å². The van der Waals surface area contributed by atoms with E-state index in [0.717, 1.165) is 5.56 Å². The van der Waals surface area contributed by atoms with Gasteiger partial charge >= 0.3 is 0 Å². The van der Waals surface area contributed by atoms with Crippen LogP contribution in [0.15, 0.2) is 59.5 Å². The van der Waals surface area contributed by atoms with Crippen molar-refractivity contribution in [3.05, 3.63) is 60.2 Å². The SMILES string of the molecule is O=S(=O)(c1ccc(OCc2ccccc2)cc1)N1CCC(O)CC1. The molecule has 0 radical (unpaired) electrons. The van der Waals surface area contributed by atoms with Crippen molar-refractivity contribution in [1.29, 1.82) is 0 Å². The molecule has 0 atom stereocenters. The maximum absolute atomic E-state index is 12.6. The molecule has 24 heavy (non-hydrogen) atoms. The first-order valence-electron chi connectivity index (χ1n) is 8.01. The minimum Gasteiger partial charge on any atom is -0.489 e. The molecule has 1 heterocycles. The van der Waals surface area contributed by atoms with Gasteiger partial charge in [0.1, 0.15) is 12.4 Å². The van der Waals surface area contributed by atoms with E-state index in [1.165, 1.54) is 4.31 Å². The number of hydrogen-bond donors (Lipinski definition) is 1. The molecular formula is C18H21NO4S. The van der Waals surface area contributed by atoms with Crippen molar-refractivity contribution in [2.24, 2.45) is 0 Å². The number of hydrogen-bond acceptors (Lipinski definition) is 4. The fourth-order valence-electron chi connectivity index (χ4n) is 2.68. The zero-order valence-electron chi connectivity index (χ0n) is 13.3. The van der Waals surface area contributed by atoms with Crippen molar-refractivity contribution >= 4 is 10.0 Å². The van der Waals surface area contributed by atoms with E-state index in [1.54, 1.807) is 24.3 Å². The van der Waals surface area contributed by atoms with Crippen LogP contribution in [0.1, 0.15) is 18.4 Å². The van der Waals surface area contributed by atoms with Gasteiger partial charge in [0, 0.05) is 13.1 Å². The fraction of sp³-hybridized carbons (Fsp3) is 0.333. The monoisotopic (exact) mass is 347 g/mol. The second kappa shape index (κ2) is 7.34. The molecule has 2 aromatic carbocycles. The lowest BCUT2D eigenvalue weighted by molar-refractivity contribution is 0.113. The zero-order valence-corrected chi connectivity index (χ0v) is 14.2. The molecule has 0 aliphatic carbocycles. The number of ether oxygens (including phenoxy) is 1. The maximum Gasteiger partial charge on any atom is 0.243 e. The predicted molar refractivity (Wildman–Crippen MR) is 91.2 cm³/mol. The second-order valence-electron chi connectivity index (χ2n) is 5.88. The largest absolute Gasteiger partial charge is 0.489 e. The van der Waals surface area contributed by atoms with Crippen LogP contribution in [0, 0.1) is 0 Å². The van der Waals surface area contributed by atoms with Crippen molar-refractivity contribution in [1.82, 2.24) is 4.31 Å². The first kappa shape index (κ1) is 17.0. The second-order valence-corrected chi connectivity index (χ2v) is 7.82. The van der Waals surface area contributed by atoms with Crippen molar-refractivity contribution < 1.29 is 18.3 Å². The van der Waals surface area contributed by atoms with Gasteiger partial charge in [-0.1, -0.05) is 30.3 Å². The molecule has 0 aromatic heterocycles. The number of sulfonamides is 1. The molecule has 6 heteroatoms. The van der Waals surface area contributed by atoms with Crippen LogP contribution in [0.3, 0.4) is 0 Å². The van der Waals surface area contributed by atoms with Crippen LogP contribution >= 0.6 is 0 Å². The molecular weight excluding hydrogens is 326 g/mol. The zero-order chi connectivity index (χ0) is 17.0. The highest BCUT2D eigenvalue weighted by molar-refractivity contribution is 7.89. The number of benzene rings is 2. The third-order valence-electron chi connectivity index (χ3n) is 4.13. The van der Waals surface area contributed by atoms with Crippen molar-refractivity contribution in [3.63, 3.8) is 0 Å². The molecule has 0 saturated carbocycles. The van der Waals surface area contributed by atoms with Gasteiger partial charge in [-0.25, -0.2) is 8.42 Å². The Hall–Kier alpha value is -1.89. The Morgan fingerprint density at radius 2 is 1.62 bits per heavy atom. The minimum absolute atomic E-state index is 0.256. The van der Waals surface area contributed by atoms with Crippen LogP contribution in [0.4, 0.5) is 0 Å². The van der Waals surface area contributed by atoms with E-state index in [-0.39, 0.29) is 4.90 Å². The molecule has 1 fully saturated rings. The van der Waals surface area contributed by atoms with E-state index in [0.29, 0.717) is 38.3 Å². The molecule has 1 saturated heterocycles. The van der Waals surface area contributed by atoms with E-state index in [4.69, 9.17) is 4.74 Å². The molecule has 0 bridgehead atoms. The molecule has 1 aliphatic heterocycles. The van der Waals surface area contributed by atoms with Gasteiger partial charge in [0.25, 0.3) is 0 Å². The van der Waals surface area contributed by atoms with Crippen molar-refractivity contribution in [3.8, 4) is 5.75 Å². The average molecular weight is 347 g/mol. The summed E-state index contributed by atoms with van der Waals surface area (Å²) >= 11 is 0. The van der Waals surface area contributed by atoms with Gasteiger partial charge in [0.05, 0.1) is 11.0 Å². The number of aliphatic hydroxyl groups is 1. The quantitative estimate of drug-likeness (QED) is 0.902. The minimum atomic E-state index is -3.50. The van der Waals surface area contributed by atoms with Crippen LogP contribution in [0.25, 0.3) is 0 Å². The summed E-state index contributed by atoms with van der Waals surface area (Å²) < 4.78 is 32.3. The highest BCUT2D eigenvalue weighted by atomic mass is 32.2. The Morgan fingerprint density at radius 1 is 1.00 bits per heavy atom. The summed E-state index contributed by atoms with van der Waals surface area (Å²) in [7, 11) is -3.50. The predicted octanol–water partition coefficient (Wildman–Crippen LogP) is 2.41. The highest BCUT2D eigenvalue weighted by Gasteiger charge is 2.28. The van der Waals surface area contributed by atoms with E-state index in [2.05, 4.69) is 0 Å². The van der Waals surface area contributed by atoms with E-state index < -0.39 is 16.1 Å². The molecule has 0 amide bonds. The molecule has 0 spiro atoms. The third kappa shape index (κ3) is 3.95. The fourth-order valence-corrected chi connectivity index (χ4v) is 4.15. The molecule has 3 rings (SSSR count). The highest BCUT2D eigenvalue weighted by Crippen LogP contribution is 2.23. The number of piperidine rings is 1. The molecule has 0 unspecified atom stereocenters. The van der Waals surface area contributed by atoms with Gasteiger partial charge in [0.15, 0.2) is 0 Å². The van der Waals surface area contributed by atoms with Gasteiger partial charge < -0.3 is 9.84 Å². The summed E-state index contributed by atoms with van der Waals surface area (Å²) in [5.74, 6) is 0.631. The topological polar surface area (TPSA) is 66.8 Å². The molecule has 128 valence electrons. The Balaban J connectivity index is 1.65. The summed E-state index contributed by atoms with van der Waals surface area (Å²) in [6, 6.07) is 16.3. The maximum atomic E-state index is 12.6. The Labute approximate surface area is 142 Å². The lowest BCUT2D eigenvalue weighted by atomic mass is 10.1. The lowest BCUT2D eigenvalue weighted by Gasteiger charge is -2.28. The summed E-state index contributed by atoms with van der Waals surface area (Å²) in [4.78, 5) is 0.256. The van der Waals surface area contributed by atoms with Gasteiger partial charge in [-0.15, -0.1) is 0 Å². The summed E-state index contributed by atoms with van der Waals surface area (Å²) in [6.07, 6.45) is 0.569. The normalized spacial score (nSPS) is 16.9. The number of nitrogens with zero attached hydrogens (tertiary/aromatic N) is 1. The van der Waals surface area contributed by atoms with Gasteiger partial charge in [-0.05, 0) is 42.7 Å². The summed E-state index contributed by atoms with van der Waals surface area (Å²) in [5.41, 5.74) is 1.06. The summed E-state index contributed by atoms with van der Waals surface area (Å²) in [6.45, 7) is 1.16. The molecule has 5 nitrogen and oxygen atoms in total. The van der Waals surface area contributed by atoms with E-state index in [1.807, 2.05) is 30.3 Å². The van der Waals surface area contributed by atoms with E-state index in [9.17, 15) is 13.5 Å². The number of aliphatic hydroxyl groups excluding tert-OH is 1. The first-order valence-corrected chi connectivity index (χ1v) is 9.45. The van der Waals surface area contributed by atoms with Crippen LogP contribution in [-0.2, 0) is 16.6 Å². The Morgan fingerprint density at radius 3 is 2.25 bits per heavy atom. The van der Waals surface area contributed by atoms with Gasteiger partial charge in [-0.2, -0.15) is 4.31 Å². The standard InChI is InChI=1S/C18H21NO4S/c20-16-10-12-19(13-11-16)24(21,22)18-8-6-17(7-9-18)23-14-15-4-2-1-3-5-15/h1-9,16,20H,10-14H2. The number of rotatable bonds is 5. The molecule has 2 aromatic rings. The van der Waals surface area contributed by atoms with E-state index >= 15 is 0 Å². The third-order valence-corrected chi connectivity index (χ3v) is 6.05.